The third-order valence-electron chi connectivity index (χ3n) is 3.24. The molecule has 0 aliphatic heterocycles. The number of aromatic hydroxyl groups is 1. The molecule has 0 unspecified atom stereocenters. The van der Waals surface area contributed by atoms with Crippen molar-refractivity contribution in [2.24, 2.45) is 0 Å². The van der Waals surface area contributed by atoms with Gasteiger partial charge >= 0.3 is 0 Å². The number of benzene rings is 1. The second-order valence-corrected chi connectivity index (χ2v) is 6.76. The lowest BCUT2D eigenvalue weighted by Crippen LogP contribution is -2.13. The molecule has 0 fully saturated rings. The van der Waals surface area contributed by atoms with Crippen molar-refractivity contribution in [2.75, 3.05) is 0 Å². The average Bonchev–Trinajstić information content (AvgIpc) is 2.25. The molecule has 1 N–H and O–H groups in total. The highest BCUT2D eigenvalue weighted by Gasteiger charge is 2.22. The molecule has 0 amide bonds. The van der Waals surface area contributed by atoms with E-state index in [4.69, 9.17) is 11.6 Å². The van der Waals surface area contributed by atoms with Crippen molar-refractivity contribution >= 4 is 16.8 Å². The first-order chi connectivity index (χ1) is 8.62. The number of aryl methyl sites for hydroxylation is 1. The van der Waals surface area contributed by atoms with E-state index in [0.717, 1.165) is 16.7 Å². The van der Waals surface area contributed by atoms with Crippen LogP contribution in [0.25, 0.3) is 0 Å². The second-order valence-electron chi connectivity index (χ2n) is 6.34. The van der Waals surface area contributed by atoms with Crippen LogP contribution in [0, 0.1) is 0 Å². The van der Waals surface area contributed by atoms with Gasteiger partial charge in [-0.2, -0.15) is 0 Å². The third kappa shape index (κ3) is 4.24. The van der Waals surface area contributed by atoms with Crippen molar-refractivity contribution in [2.45, 2.75) is 58.8 Å². The number of hydrogen-bond acceptors (Lipinski definition) is 2. The van der Waals surface area contributed by atoms with Crippen LogP contribution >= 0.6 is 11.6 Å². The smallest absolute Gasteiger partial charge is 0.221 e. The summed E-state index contributed by atoms with van der Waals surface area (Å²) in [6, 6.07) is 3.97. The fraction of sp³-hybridized carbons (Fsp3) is 0.562. The lowest BCUT2D eigenvalue weighted by atomic mass is 9.82. The van der Waals surface area contributed by atoms with Gasteiger partial charge in [0.2, 0.25) is 5.24 Å². The zero-order valence-corrected chi connectivity index (χ0v) is 13.1. The quantitative estimate of drug-likeness (QED) is 0.825. The standard InChI is InChI=1S/C16H23ClO2/c1-10(2)12-8-11(6-7-14(17)18)9-13(15(12)19)16(3,4)5/h8-10,19H,6-7H2,1-5H3. The van der Waals surface area contributed by atoms with Gasteiger partial charge in [-0.15, -0.1) is 0 Å². The number of halogens is 1. The summed E-state index contributed by atoms with van der Waals surface area (Å²) in [4.78, 5) is 10.9. The molecule has 0 atom stereocenters. The first kappa shape index (κ1) is 16.0. The van der Waals surface area contributed by atoms with Gasteiger partial charge in [0.1, 0.15) is 5.75 Å². The molecule has 0 bridgehead atoms. The minimum Gasteiger partial charge on any atom is -0.507 e. The monoisotopic (exact) mass is 282 g/mol. The van der Waals surface area contributed by atoms with Gasteiger partial charge in [0.15, 0.2) is 0 Å². The van der Waals surface area contributed by atoms with Gasteiger partial charge in [-0.05, 0) is 46.0 Å². The van der Waals surface area contributed by atoms with Crippen LogP contribution in [0.15, 0.2) is 12.1 Å². The van der Waals surface area contributed by atoms with Gasteiger partial charge in [0.05, 0.1) is 0 Å². The zero-order chi connectivity index (χ0) is 14.8. The molecule has 1 aromatic carbocycles. The lowest BCUT2D eigenvalue weighted by Gasteiger charge is -2.24. The van der Waals surface area contributed by atoms with Crippen LogP contribution in [-0.4, -0.2) is 10.3 Å². The van der Waals surface area contributed by atoms with Crippen LogP contribution in [-0.2, 0) is 16.6 Å². The third-order valence-corrected chi connectivity index (χ3v) is 3.43. The first-order valence-corrected chi connectivity index (χ1v) is 7.05. The van der Waals surface area contributed by atoms with Crippen LogP contribution in [0.2, 0.25) is 0 Å². The van der Waals surface area contributed by atoms with E-state index in [1.807, 2.05) is 12.1 Å². The maximum atomic E-state index is 10.9. The molecule has 0 saturated heterocycles. The number of carbonyl (C=O) groups excluding carboxylic acids is 1. The van der Waals surface area contributed by atoms with E-state index in [9.17, 15) is 9.90 Å². The molecule has 106 valence electrons. The van der Waals surface area contributed by atoms with Gasteiger partial charge in [-0.3, -0.25) is 4.79 Å². The van der Waals surface area contributed by atoms with Crippen LogP contribution < -0.4 is 0 Å². The van der Waals surface area contributed by atoms with Gasteiger partial charge in [0, 0.05) is 6.42 Å². The average molecular weight is 283 g/mol. The predicted octanol–water partition coefficient (Wildman–Crippen LogP) is 4.51. The summed E-state index contributed by atoms with van der Waals surface area (Å²) in [5, 5.41) is 10.1. The Morgan fingerprint density at radius 2 is 1.89 bits per heavy atom. The normalized spacial score (nSPS) is 11.9. The summed E-state index contributed by atoms with van der Waals surface area (Å²) < 4.78 is 0. The number of hydrogen-bond donors (Lipinski definition) is 1. The first-order valence-electron chi connectivity index (χ1n) is 6.67. The molecule has 0 saturated carbocycles. The van der Waals surface area contributed by atoms with Crippen molar-refractivity contribution in [3.05, 3.63) is 28.8 Å². The van der Waals surface area contributed by atoms with E-state index < -0.39 is 0 Å². The van der Waals surface area contributed by atoms with E-state index in [1.165, 1.54) is 0 Å². The SMILES string of the molecule is CC(C)c1cc(CCC(=O)Cl)cc(C(C)(C)C)c1O. The number of rotatable bonds is 4. The highest BCUT2D eigenvalue weighted by atomic mass is 35.5. The molecule has 3 heteroatoms. The molecule has 0 aliphatic rings. The summed E-state index contributed by atoms with van der Waals surface area (Å²) in [5.74, 6) is 0.621. The molecule has 0 spiro atoms. The Labute approximate surface area is 120 Å². The lowest BCUT2D eigenvalue weighted by molar-refractivity contribution is -0.111. The Balaban J connectivity index is 3.27. The van der Waals surface area contributed by atoms with E-state index >= 15 is 0 Å². The topological polar surface area (TPSA) is 37.3 Å². The van der Waals surface area contributed by atoms with Crippen LogP contribution in [0.5, 0.6) is 5.75 Å². The maximum absolute atomic E-state index is 10.9. The van der Waals surface area contributed by atoms with Crippen molar-refractivity contribution < 1.29 is 9.90 Å². The van der Waals surface area contributed by atoms with Crippen LogP contribution in [0.1, 0.15) is 63.6 Å². The molecule has 0 aromatic heterocycles. The molecule has 0 aliphatic carbocycles. The second kappa shape index (κ2) is 5.96. The van der Waals surface area contributed by atoms with E-state index in [2.05, 4.69) is 34.6 Å². The van der Waals surface area contributed by atoms with Gasteiger partial charge in [0.25, 0.3) is 0 Å². The van der Waals surface area contributed by atoms with Gasteiger partial charge < -0.3 is 5.11 Å². The minimum atomic E-state index is -0.323. The molecular weight excluding hydrogens is 260 g/mol. The Kier molecular flexibility index (Phi) is 5.03. The number of carbonyl (C=O) groups is 1. The predicted molar refractivity (Wildman–Crippen MR) is 80.1 cm³/mol. The van der Waals surface area contributed by atoms with Crippen molar-refractivity contribution in [3.8, 4) is 5.75 Å². The molecule has 0 radical (unpaired) electrons. The van der Waals surface area contributed by atoms with Crippen LogP contribution in [0.4, 0.5) is 0 Å². The largest absolute Gasteiger partial charge is 0.507 e. The fourth-order valence-corrected chi connectivity index (χ4v) is 2.21. The molecular formula is C16H23ClO2. The molecule has 2 nitrogen and oxygen atoms in total. The summed E-state index contributed by atoms with van der Waals surface area (Å²) in [6.45, 7) is 10.3. The highest BCUT2D eigenvalue weighted by molar-refractivity contribution is 6.63. The van der Waals surface area contributed by atoms with E-state index in [0.29, 0.717) is 18.6 Å². The Hall–Kier alpha value is -1.02. The van der Waals surface area contributed by atoms with E-state index in [1.54, 1.807) is 0 Å². The van der Waals surface area contributed by atoms with Crippen molar-refractivity contribution in [3.63, 3.8) is 0 Å². The van der Waals surface area contributed by atoms with Crippen LogP contribution in [0.3, 0.4) is 0 Å². The van der Waals surface area contributed by atoms with E-state index in [-0.39, 0.29) is 16.6 Å². The Bertz CT molecular complexity index is 470. The maximum Gasteiger partial charge on any atom is 0.221 e. The Morgan fingerprint density at radius 1 is 1.32 bits per heavy atom. The minimum absolute atomic E-state index is 0.130. The summed E-state index contributed by atoms with van der Waals surface area (Å²) >= 11 is 5.40. The highest BCUT2D eigenvalue weighted by Crippen LogP contribution is 2.37. The Morgan fingerprint density at radius 3 is 2.32 bits per heavy atom. The number of phenols is 1. The molecule has 19 heavy (non-hydrogen) atoms. The summed E-state index contributed by atoms with van der Waals surface area (Å²) in [5.41, 5.74) is 2.79. The zero-order valence-electron chi connectivity index (χ0n) is 12.4. The molecule has 1 rings (SSSR count). The molecule has 0 heterocycles. The summed E-state index contributed by atoms with van der Waals surface area (Å²) in [6.07, 6.45) is 0.943. The van der Waals surface area contributed by atoms with Gasteiger partial charge in [-0.25, -0.2) is 0 Å². The summed E-state index contributed by atoms with van der Waals surface area (Å²) in [7, 11) is 0. The van der Waals surface area contributed by atoms with Crippen molar-refractivity contribution in [1.29, 1.82) is 0 Å². The number of phenolic OH excluding ortho intramolecular Hbond substituents is 1. The fourth-order valence-electron chi connectivity index (χ4n) is 2.12. The molecule has 1 aromatic rings. The van der Waals surface area contributed by atoms with Crippen molar-refractivity contribution in [1.82, 2.24) is 0 Å². The van der Waals surface area contributed by atoms with Gasteiger partial charge in [-0.1, -0.05) is 46.8 Å².